The second kappa shape index (κ2) is 7.13. The fourth-order valence-corrected chi connectivity index (χ4v) is 2.85. The molecule has 17 heavy (non-hydrogen) atoms. The molecule has 1 rings (SSSR count). The molecule has 0 aliphatic heterocycles. The minimum atomic E-state index is -0.353. The van der Waals surface area contributed by atoms with Crippen LogP contribution in [-0.4, -0.2) is 19.1 Å². The summed E-state index contributed by atoms with van der Waals surface area (Å²) in [6.45, 7) is 7.24. The van der Waals surface area contributed by atoms with Gasteiger partial charge in [0.2, 0.25) is 0 Å². The molecule has 0 saturated heterocycles. The van der Waals surface area contributed by atoms with Crippen molar-refractivity contribution in [2.45, 2.75) is 26.8 Å². The Morgan fingerprint density at radius 1 is 1.53 bits per heavy atom. The van der Waals surface area contributed by atoms with Crippen molar-refractivity contribution in [1.82, 2.24) is 5.32 Å². The molecule has 1 unspecified atom stereocenters. The number of esters is 1. The minimum absolute atomic E-state index is 0.206. The number of rotatable bonds is 6. The zero-order chi connectivity index (χ0) is 12.8. The molecule has 1 aromatic heterocycles. The number of halogens is 1. The second-order valence-corrected chi connectivity index (χ2v) is 6.62. The molecule has 1 N–H and O–H groups in total. The van der Waals surface area contributed by atoms with Crippen LogP contribution in [-0.2, 0) is 9.53 Å². The summed E-state index contributed by atoms with van der Waals surface area (Å²) in [4.78, 5) is 12.9. The van der Waals surface area contributed by atoms with Crippen molar-refractivity contribution < 1.29 is 9.53 Å². The van der Waals surface area contributed by atoms with Crippen molar-refractivity contribution in [3.8, 4) is 0 Å². The maximum absolute atomic E-state index is 11.9. The van der Waals surface area contributed by atoms with E-state index < -0.39 is 0 Å². The van der Waals surface area contributed by atoms with Crippen molar-refractivity contribution in [3.63, 3.8) is 0 Å². The van der Waals surface area contributed by atoms with Crippen LogP contribution in [0.3, 0.4) is 0 Å². The van der Waals surface area contributed by atoms with Gasteiger partial charge in [0.25, 0.3) is 0 Å². The Kier molecular flexibility index (Phi) is 6.16. The first-order valence-corrected chi connectivity index (χ1v) is 7.30. The second-order valence-electron chi connectivity index (χ2n) is 4.13. The standard InChI is InChI=1S/C12H18BrNO2S/c1-4-16-12(15)11(14-7-8(2)3)9-5-6-10(13)17-9/h5-6,8,11,14H,4,7H2,1-3H3. The normalized spacial score (nSPS) is 12.8. The van der Waals surface area contributed by atoms with E-state index in [0.717, 1.165) is 15.2 Å². The number of carbonyl (C=O) groups is 1. The van der Waals surface area contributed by atoms with Crippen molar-refractivity contribution in [3.05, 3.63) is 20.8 Å². The summed E-state index contributed by atoms with van der Waals surface area (Å²) in [7, 11) is 0. The molecule has 3 nitrogen and oxygen atoms in total. The Morgan fingerprint density at radius 2 is 2.24 bits per heavy atom. The van der Waals surface area contributed by atoms with Gasteiger partial charge in [-0.2, -0.15) is 0 Å². The molecule has 5 heteroatoms. The molecule has 0 aliphatic rings. The van der Waals surface area contributed by atoms with Crippen LogP contribution in [0.15, 0.2) is 15.9 Å². The Morgan fingerprint density at radius 3 is 2.71 bits per heavy atom. The van der Waals surface area contributed by atoms with E-state index in [2.05, 4.69) is 35.1 Å². The summed E-state index contributed by atoms with van der Waals surface area (Å²) in [5.74, 6) is 0.290. The van der Waals surface area contributed by atoms with Gasteiger partial charge in [0.15, 0.2) is 0 Å². The van der Waals surface area contributed by atoms with Crippen LogP contribution in [0.4, 0.5) is 0 Å². The van der Waals surface area contributed by atoms with Crippen LogP contribution in [0, 0.1) is 5.92 Å². The maximum atomic E-state index is 11.9. The molecule has 96 valence electrons. The Balaban J connectivity index is 2.74. The van der Waals surface area contributed by atoms with E-state index in [1.54, 1.807) is 11.3 Å². The number of nitrogens with one attached hydrogen (secondary N) is 1. The largest absolute Gasteiger partial charge is 0.465 e. The smallest absolute Gasteiger partial charge is 0.328 e. The number of ether oxygens (including phenoxy) is 1. The van der Waals surface area contributed by atoms with E-state index in [0.29, 0.717) is 12.5 Å². The SMILES string of the molecule is CCOC(=O)C(NCC(C)C)c1ccc(Br)s1. The van der Waals surface area contributed by atoms with E-state index >= 15 is 0 Å². The van der Waals surface area contributed by atoms with Gasteiger partial charge in [0.1, 0.15) is 6.04 Å². The van der Waals surface area contributed by atoms with Crippen molar-refractivity contribution in [2.24, 2.45) is 5.92 Å². The van der Waals surface area contributed by atoms with Gasteiger partial charge in [-0.05, 0) is 47.4 Å². The molecule has 0 saturated carbocycles. The average molecular weight is 320 g/mol. The molecule has 1 aromatic rings. The molecule has 0 amide bonds. The van der Waals surface area contributed by atoms with Gasteiger partial charge in [-0.25, -0.2) is 4.79 Å². The summed E-state index contributed by atoms with van der Waals surface area (Å²) in [5.41, 5.74) is 0. The van der Waals surface area contributed by atoms with Gasteiger partial charge >= 0.3 is 5.97 Å². The predicted octanol–water partition coefficient (Wildman–Crippen LogP) is 3.36. The van der Waals surface area contributed by atoms with Gasteiger partial charge in [-0.1, -0.05) is 13.8 Å². The Hall–Kier alpha value is -0.390. The zero-order valence-electron chi connectivity index (χ0n) is 10.3. The summed E-state index contributed by atoms with van der Waals surface area (Å²) in [6.07, 6.45) is 0. The highest BCUT2D eigenvalue weighted by atomic mass is 79.9. The average Bonchev–Trinajstić information content (AvgIpc) is 2.65. The third-order valence-electron chi connectivity index (χ3n) is 2.13. The topological polar surface area (TPSA) is 38.3 Å². The molecular formula is C12H18BrNO2S. The van der Waals surface area contributed by atoms with Crippen LogP contribution >= 0.6 is 27.3 Å². The number of hydrogen-bond acceptors (Lipinski definition) is 4. The van der Waals surface area contributed by atoms with Crippen molar-refractivity contribution >= 4 is 33.2 Å². The van der Waals surface area contributed by atoms with Crippen molar-refractivity contribution in [1.29, 1.82) is 0 Å². The van der Waals surface area contributed by atoms with Crippen LogP contribution in [0.2, 0.25) is 0 Å². The Bertz CT molecular complexity index is 365. The highest BCUT2D eigenvalue weighted by Crippen LogP contribution is 2.28. The monoisotopic (exact) mass is 319 g/mol. The first-order chi connectivity index (χ1) is 8.04. The third kappa shape index (κ3) is 4.77. The van der Waals surface area contributed by atoms with E-state index in [4.69, 9.17) is 4.74 Å². The molecular weight excluding hydrogens is 302 g/mol. The molecule has 1 heterocycles. The number of carbonyl (C=O) groups excluding carboxylic acids is 1. The maximum Gasteiger partial charge on any atom is 0.328 e. The van der Waals surface area contributed by atoms with Crippen LogP contribution in [0.25, 0.3) is 0 Å². The molecule has 0 fully saturated rings. The molecule has 0 spiro atoms. The number of hydrogen-bond donors (Lipinski definition) is 1. The van der Waals surface area contributed by atoms with E-state index in [1.807, 2.05) is 19.1 Å². The summed E-state index contributed by atoms with van der Waals surface area (Å²) in [5, 5.41) is 3.25. The van der Waals surface area contributed by atoms with Crippen LogP contribution < -0.4 is 5.32 Å². The highest BCUT2D eigenvalue weighted by Gasteiger charge is 2.23. The molecule has 0 aromatic carbocycles. The van der Waals surface area contributed by atoms with Crippen LogP contribution in [0.5, 0.6) is 0 Å². The van der Waals surface area contributed by atoms with E-state index in [-0.39, 0.29) is 12.0 Å². The van der Waals surface area contributed by atoms with Crippen LogP contribution in [0.1, 0.15) is 31.7 Å². The van der Waals surface area contributed by atoms with Gasteiger partial charge in [0.05, 0.1) is 10.4 Å². The summed E-state index contributed by atoms with van der Waals surface area (Å²) in [6, 6.07) is 3.54. The van der Waals surface area contributed by atoms with E-state index in [1.165, 1.54) is 0 Å². The quantitative estimate of drug-likeness (QED) is 0.817. The lowest BCUT2D eigenvalue weighted by atomic mass is 10.2. The fourth-order valence-electron chi connectivity index (χ4n) is 1.36. The highest BCUT2D eigenvalue weighted by molar-refractivity contribution is 9.11. The molecule has 1 atom stereocenters. The first-order valence-electron chi connectivity index (χ1n) is 5.69. The molecule has 0 bridgehead atoms. The van der Waals surface area contributed by atoms with E-state index in [9.17, 15) is 4.79 Å². The first kappa shape index (κ1) is 14.7. The van der Waals surface area contributed by atoms with Crippen molar-refractivity contribution in [2.75, 3.05) is 13.2 Å². The van der Waals surface area contributed by atoms with Gasteiger partial charge in [0, 0.05) is 4.88 Å². The Labute approximate surface area is 115 Å². The molecule has 0 aliphatic carbocycles. The third-order valence-corrected chi connectivity index (χ3v) is 3.82. The lowest BCUT2D eigenvalue weighted by Crippen LogP contribution is -2.32. The number of thiophene rings is 1. The summed E-state index contributed by atoms with van der Waals surface area (Å²) >= 11 is 4.96. The fraction of sp³-hybridized carbons (Fsp3) is 0.583. The van der Waals surface area contributed by atoms with Gasteiger partial charge < -0.3 is 4.74 Å². The zero-order valence-corrected chi connectivity index (χ0v) is 12.7. The lowest BCUT2D eigenvalue weighted by Gasteiger charge is -2.17. The van der Waals surface area contributed by atoms with Gasteiger partial charge in [-0.3, -0.25) is 5.32 Å². The molecule has 0 radical (unpaired) electrons. The van der Waals surface area contributed by atoms with Gasteiger partial charge in [-0.15, -0.1) is 11.3 Å². The minimum Gasteiger partial charge on any atom is -0.465 e. The lowest BCUT2D eigenvalue weighted by molar-refractivity contribution is -0.145. The summed E-state index contributed by atoms with van der Waals surface area (Å²) < 4.78 is 6.11. The predicted molar refractivity (Wildman–Crippen MR) is 74.2 cm³/mol.